The molecule has 0 atom stereocenters. The summed E-state index contributed by atoms with van der Waals surface area (Å²) in [4.78, 5) is 36.6. The van der Waals surface area contributed by atoms with E-state index in [0.717, 1.165) is 41.3 Å². The van der Waals surface area contributed by atoms with Crippen LogP contribution in [0.15, 0.2) is 48.5 Å². The van der Waals surface area contributed by atoms with Gasteiger partial charge in [0.15, 0.2) is 6.61 Å². The lowest BCUT2D eigenvalue weighted by molar-refractivity contribution is -0.141. The van der Waals surface area contributed by atoms with Crippen LogP contribution in [0.2, 0.25) is 0 Å². The van der Waals surface area contributed by atoms with E-state index in [0.29, 0.717) is 18.2 Å². The number of nitrogens with zero attached hydrogens (tertiary/aromatic N) is 1. The van der Waals surface area contributed by atoms with Crippen LogP contribution in [0.3, 0.4) is 0 Å². The minimum atomic E-state index is -1.05. The fourth-order valence-corrected chi connectivity index (χ4v) is 3.66. The number of nitrogens with one attached hydrogen (secondary N) is 1. The molecule has 184 valence electrons. The normalized spacial score (nSPS) is 10.7. The highest BCUT2D eigenvalue weighted by Gasteiger charge is 2.18. The smallest absolute Gasteiger partial charge is 0.325 e. The lowest BCUT2D eigenvalue weighted by Gasteiger charge is -2.11. The number of carbonyl (C=O) groups excluding carboxylic acids is 3. The zero-order chi connectivity index (χ0) is 25.5. The van der Waals surface area contributed by atoms with Gasteiger partial charge >= 0.3 is 5.97 Å². The number of methoxy groups -OCH3 is 1. The molecule has 0 spiro atoms. The summed E-state index contributed by atoms with van der Waals surface area (Å²) in [5.74, 6) is -3.22. The molecular weight excluding hydrogens is 458 g/mol. The summed E-state index contributed by atoms with van der Waals surface area (Å²) >= 11 is 0. The average Bonchev–Trinajstić information content (AvgIpc) is 3.13. The largest absolute Gasteiger partial charge is 0.497 e. The van der Waals surface area contributed by atoms with Crippen molar-refractivity contribution in [2.24, 2.45) is 0 Å². The van der Waals surface area contributed by atoms with E-state index in [-0.39, 0.29) is 5.78 Å². The highest BCUT2D eigenvalue weighted by molar-refractivity contribution is 6.00. The maximum Gasteiger partial charge on any atom is 0.325 e. The number of Topliss-reactive ketones (excluding diaryl/α,β-unsaturated/α-hetero) is 1. The van der Waals surface area contributed by atoms with Gasteiger partial charge in [0.1, 0.15) is 23.9 Å². The predicted molar refractivity (Wildman–Crippen MR) is 125 cm³/mol. The summed E-state index contributed by atoms with van der Waals surface area (Å²) in [6.07, 6.45) is 0.761. The van der Waals surface area contributed by atoms with Crippen molar-refractivity contribution in [2.75, 3.05) is 20.3 Å². The maximum atomic E-state index is 13.7. The molecule has 0 aliphatic heterocycles. The Morgan fingerprint density at radius 1 is 0.971 bits per heavy atom. The minimum Gasteiger partial charge on any atom is -0.497 e. The first-order chi connectivity index (χ1) is 16.7. The number of carbonyl (C=O) groups is 3. The molecule has 0 saturated carbocycles. The highest BCUT2D eigenvalue weighted by atomic mass is 19.1. The number of amides is 1. The number of esters is 1. The Bertz CT molecular complexity index is 1240. The third-order valence-corrected chi connectivity index (χ3v) is 5.59. The van der Waals surface area contributed by atoms with Gasteiger partial charge in [-0.05, 0) is 56.2 Å². The number of ether oxygens (including phenoxy) is 2. The van der Waals surface area contributed by atoms with Gasteiger partial charge in [-0.1, -0.05) is 12.1 Å². The summed E-state index contributed by atoms with van der Waals surface area (Å²) in [6.45, 7) is 3.33. The molecule has 9 heteroatoms. The second kappa shape index (κ2) is 11.4. The molecule has 1 amide bonds. The molecule has 1 aromatic heterocycles. The lowest BCUT2D eigenvalue weighted by Crippen LogP contribution is -2.32. The van der Waals surface area contributed by atoms with Gasteiger partial charge in [-0.25, -0.2) is 8.78 Å². The van der Waals surface area contributed by atoms with Crippen LogP contribution in [0.4, 0.5) is 8.78 Å². The molecule has 1 heterocycles. The number of halogens is 2. The monoisotopic (exact) mass is 484 g/mol. The van der Waals surface area contributed by atoms with Crippen LogP contribution < -0.4 is 10.1 Å². The van der Waals surface area contributed by atoms with Crippen molar-refractivity contribution in [3.8, 4) is 5.75 Å². The SMILES string of the molecule is COc1ccc(CCn2c(C)cc(C(=O)COC(=O)CNC(=O)c3ccc(F)cc3F)c2C)cc1. The molecule has 7 nitrogen and oxygen atoms in total. The Morgan fingerprint density at radius 3 is 2.34 bits per heavy atom. The van der Waals surface area contributed by atoms with Crippen LogP contribution in [-0.4, -0.2) is 42.5 Å². The van der Waals surface area contributed by atoms with Crippen LogP contribution in [0, 0.1) is 25.5 Å². The van der Waals surface area contributed by atoms with E-state index in [4.69, 9.17) is 9.47 Å². The first kappa shape index (κ1) is 25.6. The third kappa shape index (κ3) is 6.53. The lowest BCUT2D eigenvalue weighted by atomic mass is 10.1. The van der Waals surface area contributed by atoms with E-state index in [1.165, 1.54) is 0 Å². The summed E-state index contributed by atoms with van der Waals surface area (Å²) in [6, 6.07) is 12.0. The van der Waals surface area contributed by atoms with Crippen LogP contribution in [0.5, 0.6) is 5.75 Å². The molecule has 0 bridgehead atoms. The zero-order valence-electron chi connectivity index (χ0n) is 19.7. The van der Waals surface area contributed by atoms with Gasteiger partial charge in [0.2, 0.25) is 5.78 Å². The van der Waals surface area contributed by atoms with Gasteiger partial charge in [-0.2, -0.15) is 0 Å². The van der Waals surface area contributed by atoms with Gasteiger partial charge in [-0.15, -0.1) is 0 Å². The minimum absolute atomic E-state index is 0.377. The summed E-state index contributed by atoms with van der Waals surface area (Å²) in [5.41, 5.74) is 2.83. The first-order valence-electron chi connectivity index (χ1n) is 10.9. The van der Waals surface area contributed by atoms with Gasteiger partial charge in [0.05, 0.1) is 12.7 Å². The molecule has 0 fully saturated rings. The van der Waals surface area contributed by atoms with E-state index in [2.05, 4.69) is 5.32 Å². The predicted octanol–water partition coefficient (Wildman–Crippen LogP) is 3.79. The molecule has 35 heavy (non-hydrogen) atoms. The van der Waals surface area contributed by atoms with E-state index >= 15 is 0 Å². The maximum absolute atomic E-state index is 13.7. The van der Waals surface area contributed by atoms with Crippen molar-refractivity contribution >= 4 is 17.7 Å². The zero-order valence-corrected chi connectivity index (χ0v) is 19.7. The number of rotatable bonds is 10. The molecule has 0 aliphatic rings. The summed E-state index contributed by atoms with van der Waals surface area (Å²) < 4.78 is 38.8. The topological polar surface area (TPSA) is 86.6 Å². The van der Waals surface area contributed by atoms with Crippen LogP contribution in [-0.2, 0) is 22.5 Å². The Hall–Kier alpha value is -4.01. The molecule has 3 rings (SSSR count). The van der Waals surface area contributed by atoms with E-state index in [9.17, 15) is 23.2 Å². The Kier molecular flexibility index (Phi) is 8.35. The number of aryl methyl sites for hydroxylation is 2. The Morgan fingerprint density at radius 2 is 1.69 bits per heavy atom. The van der Waals surface area contributed by atoms with Crippen LogP contribution in [0.25, 0.3) is 0 Å². The molecule has 1 N–H and O–H groups in total. The van der Waals surface area contributed by atoms with Crippen molar-refractivity contribution in [1.82, 2.24) is 9.88 Å². The number of hydrogen-bond acceptors (Lipinski definition) is 5. The van der Waals surface area contributed by atoms with Crippen molar-refractivity contribution < 1.29 is 32.6 Å². The third-order valence-electron chi connectivity index (χ3n) is 5.59. The molecule has 0 unspecified atom stereocenters. The number of hydrogen-bond donors (Lipinski definition) is 1. The Balaban J connectivity index is 1.52. The van der Waals surface area contributed by atoms with E-state index < -0.39 is 42.2 Å². The molecule has 0 saturated heterocycles. The van der Waals surface area contributed by atoms with Crippen molar-refractivity contribution in [3.05, 3.63) is 88.2 Å². The van der Waals surface area contributed by atoms with Crippen LogP contribution >= 0.6 is 0 Å². The fraction of sp³-hybridized carbons (Fsp3) is 0.269. The first-order valence-corrected chi connectivity index (χ1v) is 10.9. The van der Waals surface area contributed by atoms with Crippen LogP contribution in [0.1, 0.15) is 37.7 Å². The molecule has 3 aromatic rings. The second-order valence-corrected chi connectivity index (χ2v) is 7.93. The summed E-state index contributed by atoms with van der Waals surface area (Å²) in [7, 11) is 1.61. The van der Waals surface area contributed by atoms with Gasteiger partial charge in [0.25, 0.3) is 5.91 Å². The van der Waals surface area contributed by atoms with Gasteiger partial charge < -0.3 is 19.4 Å². The number of benzene rings is 2. The number of aromatic nitrogens is 1. The fourth-order valence-electron chi connectivity index (χ4n) is 3.66. The molecule has 2 aromatic carbocycles. The Labute approximate surface area is 201 Å². The second-order valence-electron chi connectivity index (χ2n) is 7.93. The number of ketones is 1. The standard InChI is InChI=1S/C26H26F2N2O5/c1-16-12-22(17(2)30(16)11-10-18-4-7-20(34-3)8-5-18)24(31)15-35-25(32)14-29-26(33)21-9-6-19(27)13-23(21)28/h4-9,12-13H,10-11,14-15H2,1-3H3,(H,29,33). The quantitative estimate of drug-likeness (QED) is 0.350. The van der Waals surface area contributed by atoms with Crippen molar-refractivity contribution in [1.29, 1.82) is 0 Å². The van der Waals surface area contributed by atoms with Gasteiger partial charge in [-0.3, -0.25) is 14.4 Å². The van der Waals surface area contributed by atoms with Crippen molar-refractivity contribution in [2.45, 2.75) is 26.8 Å². The van der Waals surface area contributed by atoms with Crippen molar-refractivity contribution in [3.63, 3.8) is 0 Å². The average molecular weight is 484 g/mol. The summed E-state index contributed by atoms with van der Waals surface area (Å²) in [5, 5.41) is 2.19. The van der Waals surface area contributed by atoms with Gasteiger partial charge in [0, 0.05) is 29.6 Å². The van der Waals surface area contributed by atoms with E-state index in [1.54, 1.807) is 13.2 Å². The highest BCUT2D eigenvalue weighted by Crippen LogP contribution is 2.18. The molecule has 0 aliphatic carbocycles. The van der Waals surface area contributed by atoms with E-state index in [1.807, 2.05) is 42.7 Å². The molecule has 0 radical (unpaired) electrons. The molecular formula is C26H26F2N2O5.